The lowest BCUT2D eigenvalue weighted by Gasteiger charge is -2.13. The Morgan fingerprint density at radius 1 is 1.39 bits per heavy atom. The summed E-state index contributed by atoms with van der Waals surface area (Å²) < 4.78 is 48.6. The first kappa shape index (κ1) is 13.9. The van der Waals surface area contributed by atoms with Crippen molar-refractivity contribution < 1.29 is 37.3 Å². The van der Waals surface area contributed by atoms with Gasteiger partial charge in [-0.05, 0) is 0 Å². The number of aromatic nitrogens is 1. The minimum absolute atomic E-state index is 0.426. The highest BCUT2D eigenvalue weighted by Gasteiger charge is 2.35. The molecule has 0 amide bonds. The number of halogens is 3. The lowest BCUT2D eigenvalue weighted by molar-refractivity contribution is -0.274. The van der Waals surface area contributed by atoms with Gasteiger partial charge in [-0.1, -0.05) is 0 Å². The maximum absolute atomic E-state index is 12.1. The van der Waals surface area contributed by atoms with E-state index in [9.17, 15) is 23.1 Å². The SMILES string of the molecule is COC(=O)c1c(OC(F)(F)F)cnc(OC)c1O. The van der Waals surface area contributed by atoms with Crippen LogP contribution < -0.4 is 9.47 Å². The second-order valence-corrected chi connectivity index (χ2v) is 2.89. The van der Waals surface area contributed by atoms with Gasteiger partial charge in [-0.15, -0.1) is 13.2 Å². The number of hydrogen-bond donors (Lipinski definition) is 1. The Morgan fingerprint density at radius 3 is 2.44 bits per heavy atom. The first-order chi connectivity index (χ1) is 8.30. The molecular weight excluding hydrogens is 259 g/mol. The zero-order chi connectivity index (χ0) is 13.9. The van der Waals surface area contributed by atoms with Gasteiger partial charge in [0.15, 0.2) is 17.1 Å². The second kappa shape index (κ2) is 4.98. The number of hydrogen-bond acceptors (Lipinski definition) is 6. The molecule has 1 aromatic rings. The lowest BCUT2D eigenvalue weighted by atomic mass is 10.2. The summed E-state index contributed by atoms with van der Waals surface area (Å²) in [5, 5.41) is 9.53. The van der Waals surface area contributed by atoms with Crippen LogP contribution in [0.5, 0.6) is 17.4 Å². The van der Waals surface area contributed by atoms with Crippen LogP contribution >= 0.6 is 0 Å². The molecule has 0 saturated heterocycles. The van der Waals surface area contributed by atoms with Gasteiger partial charge in [-0.25, -0.2) is 9.78 Å². The van der Waals surface area contributed by atoms with Crippen LogP contribution in [0.2, 0.25) is 0 Å². The number of carbonyl (C=O) groups excluding carboxylic acids is 1. The third-order valence-corrected chi connectivity index (χ3v) is 1.79. The summed E-state index contributed by atoms with van der Waals surface area (Å²) in [6, 6.07) is 0. The highest BCUT2D eigenvalue weighted by atomic mass is 19.4. The van der Waals surface area contributed by atoms with Crippen molar-refractivity contribution in [3.8, 4) is 17.4 Å². The Balaban J connectivity index is 3.34. The zero-order valence-electron chi connectivity index (χ0n) is 9.24. The van der Waals surface area contributed by atoms with E-state index < -0.39 is 35.3 Å². The van der Waals surface area contributed by atoms with Gasteiger partial charge in [-0.3, -0.25) is 0 Å². The molecule has 0 atom stereocenters. The molecule has 0 aromatic carbocycles. The van der Waals surface area contributed by atoms with Crippen molar-refractivity contribution in [2.75, 3.05) is 14.2 Å². The molecule has 1 N–H and O–H groups in total. The van der Waals surface area contributed by atoms with Crippen LogP contribution in [0.25, 0.3) is 0 Å². The molecular formula is C9H8F3NO5. The van der Waals surface area contributed by atoms with Crippen LogP contribution in [0, 0.1) is 0 Å². The molecule has 0 bridgehead atoms. The Bertz CT molecular complexity index is 460. The maximum atomic E-state index is 12.1. The number of aromatic hydroxyl groups is 1. The Kier molecular flexibility index (Phi) is 3.84. The minimum atomic E-state index is -5.04. The minimum Gasteiger partial charge on any atom is -0.502 e. The van der Waals surface area contributed by atoms with Crippen LogP contribution in [0.4, 0.5) is 13.2 Å². The molecule has 1 heterocycles. The molecule has 0 aliphatic rings. The van der Waals surface area contributed by atoms with E-state index >= 15 is 0 Å². The average molecular weight is 267 g/mol. The summed E-state index contributed by atoms with van der Waals surface area (Å²) in [6.45, 7) is 0. The van der Waals surface area contributed by atoms with E-state index in [0.717, 1.165) is 14.2 Å². The third kappa shape index (κ3) is 2.93. The van der Waals surface area contributed by atoms with Gasteiger partial charge < -0.3 is 19.3 Å². The van der Waals surface area contributed by atoms with Crippen LogP contribution in [0.3, 0.4) is 0 Å². The summed E-state index contributed by atoms with van der Waals surface area (Å²) >= 11 is 0. The number of pyridine rings is 1. The molecule has 18 heavy (non-hydrogen) atoms. The van der Waals surface area contributed by atoms with Gasteiger partial charge in [-0.2, -0.15) is 0 Å². The number of ether oxygens (including phenoxy) is 3. The molecule has 9 heteroatoms. The topological polar surface area (TPSA) is 77.9 Å². The summed E-state index contributed by atoms with van der Waals surface area (Å²) in [7, 11) is 2.06. The smallest absolute Gasteiger partial charge is 0.502 e. The quantitative estimate of drug-likeness (QED) is 0.836. The Hall–Kier alpha value is -2.19. The third-order valence-electron chi connectivity index (χ3n) is 1.79. The van der Waals surface area contributed by atoms with Gasteiger partial charge in [0.1, 0.15) is 0 Å². The monoisotopic (exact) mass is 267 g/mol. The van der Waals surface area contributed by atoms with Gasteiger partial charge in [0.25, 0.3) is 5.88 Å². The molecule has 6 nitrogen and oxygen atoms in total. The van der Waals surface area contributed by atoms with Gasteiger partial charge in [0.05, 0.1) is 20.4 Å². The molecule has 0 fully saturated rings. The maximum Gasteiger partial charge on any atom is 0.573 e. The summed E-state index contributed by atoms with van der Waals surface area (Å²) in [6.07, 6.45) is -4.44. The molecule has 0 unspecified atom stereocenters. The van der Waals surface area contributed by atoms with E-state index in [1.807, 2.05) is 0 Å². The van der Waals surface area contributed by atoms with Gasteiger partial charge >= 0.3 is 12.3 Å². The van der Waals surface area contributed by atoms with Gasteiger partial charge in [0.2, 0.25) is 0 Å². The van der Waals surface area contributed by atoms with Crippen LogP contribution in [-0.4, -0.2) is 36.6 Å². The highest BCUT2D eigenvalue weighted by Crippen LogP contribution is 2.36. The van der Waals surface area contributed by atoms with E-state index in [-0.39, 0.29) is 0 Å². The lowest BCUT2D eigenvalue weighted by Crippen LogP contribution is -2.19. The van der Waals surface area contributed by atoms with Crippen molar-refractivity contribution in [2.24, 2.45) is 0 Å². The standard InChI is InChI=1S/C9H8F3NO5/c1-16-7-6(14)5(8(15)17-2)4(3-13-7)18-9(10,11)12/h3,14H,1-2H3. The molecule has 100 valence electrons. The van der Waals surface area contributed by atoms with E-state index in [1.165, 1.54) is 0 Å². The first-order valence-electron chi connectivity index (χ1n) is 4.40. The fourth-order valence-electron chi connectivity index (χ4n) is 1.12. The normalized spacial score (nSPS) is 10.9. The summed E-state index contributed by atoms with van der Waals surface area (Å²) in [5.74, 6) is -3.52. The summed E-state index contributed by atoms with van der Waals surface area (Å²) in [5.41, 5.74) is -0.818. The van der Waals surface area contributed by atoms with Gasteiger partial charge in [0, 0.05) is 0 Å². The van der Waals surface area contributed by atoms with Crippen molar-refractivity contribution in [1.82, 2.24) is 4.98 Å². The van der Waals surface area contributed by atoms with Crippen molar-refractivity contribution in [1.29, 1.82) is 0 Å². The molecule has 0 aliphatic heterocycles. The average Bonchev–Trinajstić information content (AvgIpc) is 2.26. The largest absolute Gasteiger partial charge is 0.573 e. The molecule has 0 spiro atoms. The van der Waals surface area contributed by atoms with E-state index in [2.05, 4.69) is 19.2 Å². The van der Waals surface area contributed by atoms with E-state index in [4.69, 9.17) is 0 Å². The van der Waals surface area contributed by atoms with E-state index in [1.54, 1.807) is 0 Å². The molecule has 1 aromatic heterocycles. The number of nitrogens with zero attached hydrogens (tertiary/aromatic N) is 1. The zero-order valence-corrected chi connectivity index (χ0v) is 9.24. The second-order valence-electron chi connectivity index (χ2n) is 2.89. The Morgan fingerprint density at radius 2 is 2.00 bits per heavy atom. The number of methoxy groups -OCH3 is 2. The number of esters is 1. The first-order valence-corrected chi connectivity index (χ1v) is 4.40. The van der Waals surface area contributed by atoms with Crippen LogP contribution in [0.15, 0.2) is 6.20 Å². The van der Waals surface area contributed by atoms with E-state index in [0.29, 0.717) is 6.20 Å². The highest BCUT2D eigenvalue weighted by molar-refractivity contribution is 5.96. The molecule has 0 radical (unpaired) electrons. The predicted molar refractivity (Wildman–Crippen MR) is 50.5 cm³/mol. The van der Waals surface area contributed by atoms with Crippen LogP contribution in [0.1, 0.15) is 10.4 Å². The summed E-state index contributed by atoms with van der Waals surface area (Å²) in [4.78, 5) is 14.6. The fourth-order valence-corrected chi connectivity index (χ4v) is 1.12. The molecule has 1 rings (SSSR count). The van der Waals surface area contributed by atoms with Crippen molar-refractivity contribution in [2.45, 2.75) is 6.36 Å². The predicted octanol–water partition coefficient (Wildman–Crippen LogP) is 1.48. The molecule has 0 saturated carbocycles. The Labute approximate surface area is 98.9 Å². The van der Waals surface area contributed by atoms with Crippen molar-refractivity contribution in [3.63, 3.8) is 0 Å². The van der Waals surface area contributed by atoms with Crippen LogP contribution in [-0.2, 0) is 4.74 Å². The number of carbonyl (C=O) groups is 1. The number of alkyl halides is 3. The number of rotatable bonds is 3. The van der Waals surface area contributed by atoms with Crippen molar-refractivity contribution in [3.05, 3.63) is 11.8 Å². The van der Waals surface area contributed by atoms with Crippen molar-refractivity contribution >= 4 is 5.97 Å². The fraction of sp³-hybridized carbons (Fsp3) is 0.333. The molecule has 0 aliphatic carbocycles.